The lowest BCUT2D eigenvalue weighted by molar-refractivity contribution is -0.291. The molecule has 59 heavy (non-hydrogen) atoms. The summed E-state index contributed by atoms with van der Waals surface area (Å²) in [7, 11) is 0. The van der Waals surface area contributed by atoms with Gasteiger partial charge in [0.25, 0.3) is 11.6 Å². The second-order valence-corrected chi connectivity index (χ2v) is 16.1. The fraction of sp³-hybridized carbons (Fsp3) is 0.633. The summed E-state index contributed by atoms with van der Waals surface area (Å²) in [4.78, 5) is 49.3. The van der Waals surface area contributed by atoms with Gasteiger partial charge in [-0.05, 0) is 83.5 Å². The number of rotatable bonds is 32. The van der Waals surface area contributed by atoms with Crippen molar-refractivity contribution in [2.24, 2.45) is 16.8 Å². The summed E-state index contributed by atoms with van der Waals surface area (Å²) < 4.78 is 13.5. The molecule has 0 radical (unpaired) electrons. The molecule has 1 aromatic heterocycles. The number of carbonyl (C=O) groups is 2. The SMILES string of the molecule is C=C1C(/C=[N+]2/C=Nc3c2nc(N)[nH]c3=O)C[C@H](OC(=O)CCCCCCC/C=C\C/C=C\CCCCC)[C@H]1COC(=O)CCCCCCC/C=C\C/C=C\CCCCC. The number of hydrogen-bond acceptors (Lipinski definition) is 8. The van der Waals surface area contributed by atoms with Gasteiger partial charge in [-0.25, -0.2) is 4.58 Å². The zero-order chi connectivity index (χ0) is 42.3. The van der Waals surface area contributed by atoms with Gasteiger partial charge in [0.1, 0.15) is 12.7 Å². The number of fused-ring (bicyclic) bond motifs is 1. The van der Waals surface area contributed by atoms with E-state index in [1.165, 1.54) is 57.7 Å². The van der Waals surface area contributed by atoms with Crippen LogP contribution in [0.1, 0.15) is 174 Å². The van der Waals surface area contributed by atoms with E-state index in [0.29, 0.717) is 25.1 Å². The number of hydrogen-bond donors (Lipinski definition) is 2. The molecule has 0 spiro atoms. The number of H-pyrrole nitrogens is 1. The van der Waals surface area contributed by atoms with Gasteiger partial charge in [-0.15, -0.1) is 0 Å². The number of aromatic amines is 1. The van der Waals surface area contributed by atoms with Gasteiger partial charge in [0.15, 0.2) is 0 Å². The van der Waals surface area contributed by atoms with Crippen molar-refractivity contribution in [3.8, 4) is 0 Å². The van der Waals surface area contributed by atoms with Crippen molar-refractivity contribution < 1.29 is 23.6 Å². The summed E-state index contributed by atoms with van der Waals surface area (Å²) in [6.07, 6.45) is 46.8. The number of carbonyl (C=O) groups excluding carboxylic acids is 2. The van der Waals surface area contributed by atoms with Gasteiger partial charge in [-0.2, -0.15) is 0 Å². The smallest absolute Gasteiger partial charge is 0.319 e. The Balaban J connectivity index is 1.40. The van der Waals surface area contributed by atoms with E-state index in [1.54, 1.807) is 4.58 Å². The van der Waals surface area contributed by atoms with E-state index < -0.39 is 11.7 Å². The molecule has 0 bridgehead atoms. The highest BCUT2D eigenvalue weighted by molar-refractivity contribution is 5.77. The Morgan fingerprint density at radius 1 is 0.763 bits per heavy atom. The molecule has 1 unspecified atom stereocenters. The average Bonchev–Trinajstić information content (AvgIpc) is 3.75. The summed E-state index contributed by atoms with van der Waals surface area (Å²) in [5, 5.41) is 0. The van der Waals surface area contributed by atoms with Gasteiger partial charge in [-0.1, -0.05) is 149 Å². The lowest BCUT2D eigenvalue weighted by Gasteiger charge is -2.20. The zero-order valence-electron chi connectivity index (χ0n) is 36.6. The highest BCUT2D eigenvalue weighted by Gasteiger charge is 2.41. The lowest BCUT2D eigenvalue weighted by Crippen LogP contribution is -2.27. The summed E-state index contributed by atoms with van der Waals surface area (Å²) in [5.74, 6) is -0.739. The van der Waals surface area contributed by atoms with Crippen molar-refractivity contribution in [1.29, 1.82) is 0 Å². The number of allylic oxidation sites excluding steroid dienone is 8. The third-order valence-corrected chi connectivity index (χ3v) is 11.0. The predicted octanol–water partition coefficient (Wildman–Crippen LogP) is 12.0. The van der Waals surface area contributed by atoms with Gasteiger partial charge >= 0.3 is 23.3 Å². The number of unbranched alkanes of at least 4 members (excludes halogenated alkanes) is 16. The van der Waals surface area contributed by atoms with Crippen LogP contribution in [0.5, 0.6) is 0 Å². The fourth-order valence-corrected chi connectivity index (χ4v) is 7.47. The van der Waals surface area contributed by atoms with Crippen molar-refractivity contribution in [1.82, 2.24) is 9.97 Å². The van der Waals surface area contributed by atoms with Crippen molar-refractivity contribution >= 4 is 41.9 Å². The molecule has 0 saturated heterocycles. The number of aliphatic imine (C=N–C) groups is 1. The molecule has 2 aliphatic rings. The highest BCUT2D eigenvalue weighted by atomic mass is 16.6. The molecule has 3 N–H and O–H groups in total. The number of esters is 2. The van der Waals surface area contributed by atoms with Gasteiger partial charge in [-0.3, -0.25) is 19.4 Å². The standard InChI is InChI=1S/C49H75N5O5/c1-4-6-8-10-12-14-16-18-20-22-24-26-28-30-32-34-44(55)58-38-42-40(3)41(37-54-39-51-46-47(54)52-49(50)53-48(46)57)36-43(42)59-45(56)35-33-31-29-27-25-23-21-19-17-15-13-11-9-7-5-2/h12-15,18-21,37,39,41-43H,3-11,16-17,22-36,38H2,1-2H3,(H2-,50,52,53,57)/p+1/b14-12-,15-13-,20-18-,21-19-,54-37-/t41?,42-,43-/m0/s1. The van der Waals surface area contributed by atoms with Crippen LogP contribution in [0.15, 0.2) is 70.5 Å². The third-order valence-electron chi connectivity index (χ3n) is 11.0. The second kappa shape index (κ2) is 30.7. The van der Waals surface area contributed by atoms with E-state index in [4.69, 9.17) is 15.2 Å². The van der Waals surface area contributed by atoms with Crippen molar-refractivity contribution in [2.45, 2.75) is 180 Å². The topological polar surface area (TPSA) is 140 Å². The van der Waals surface area contributed by atoms with E-state index >= 15 is 0 Å². The average molecular weight is 815 g/mol. The van der Waals surface area contributed by atoms with E-state index in [0.717, 1.165) is 95.5 Å². The highest BCUT2D eigenvalue weighted by Crippen LogP contribution is 2.38. The molecule has 2 heterocycles. The normalized spacial score (nSPS) is 18.4. The molecule has 326 valence electrons. The van der Waals surface area contributed by atoms with E-state index in [2.05, 4.69) is 84.0 Å². The van der Waals surface area contributed by atoms with Crippen LogP contribution in [0.3, 0.4) is 0 Å². The first-order valence-corrected chi connectivity index (χ1v) is 23.0. The van der Waals surface area contributed by atoms with Crippen LogP contribution < -0.4 is 11.3 Å². The maximum Gasteiger partial charge on any atom is 0.319 e. The van der Waals surface area contributed by atoms with Crippen LogP contribution in [-0.4, -0.2) is 51.7 Å². The van der Waals surface area contributed by atoms with E-state index in [9.17, 15) is 14.4 Å². The summed E-state index contributed by atoms with van der Waals surface area (Å²) in [5.41, 5.74) is 6.38. The number of nitrogens with one attached hydrogen (secondary N) is 1. The molecule has 1 aliphatic carbocycles. The Morgan fingerprint density at radius 3 is 1.83 bits per heavy atom. The third kappa shape index (κ3) is 20.5. The molecular formula is C49H76N5O5+. The molecule has 1 aromatic rings. The monoisotopic (exact) mass is 815 g/mol. The summed E-state index contributed by atoms with van der Waals surface area (Å²) in [6, 6.07) is 0. The van der Waals surface area contributed by atoms with Crippen LogP contribution in [0.4, 0.5) is 17.5 Å². The number of nitrogen functional groups attached to an aromatic ring is 1. The minimum absolute atomic E-state index is 0.00287. The molecule has 0 aromatic carbocycles. The first-order valence-electron chi connectivity index (χ1n) is 23.0. The molecule has 10 nitrogen and oxygen atoms in total. The largest absolute Gasteiger partial charge is 0.465 e. The quantitative estimate of drug-likeness (QED) is 0.0319. The van der Waals surface area contributed by atoms with Crippen molar-refractivity contribution in [2.75, 3.05) is 12.3 Å². The molecule has 1 aliphatic heterocycles. The number of nitrogens with two attached hydrogens (primary N) is 1. The molecular weight excluding hydrogens is 739 g/mol. The number of ether oxygens (including phenoxy) is 2. The predicted molar refractivity (Wildman–Crippen MR) is 244 cm³/mol. The van der Waals surface area contributed by atoms with Gasteiger partial charge in [0.05, 0.1) is 12.1 Å². The lowest BCUT2D eigenvalue weighted by atomic mass is 9.99. The molecule has 3 atom stereocenters. The van der Waals surface area contributed by atoms with Crippen LogP contribution >= 0.6 is 0 Å². The second-order valence-electron chi connectivity index (χ2n) is 16.1. The minimum Gasteiger partial charge on any atom is -0.465 e. The van der Waals surface area contributed by atoms with Gasteiger partial charge < -0.3 is 15.2 Å². The van der Waals surface area contributed by atoms with Gasteiger partial charge in [0, 0.05) is 18.8 Å². The maximum atomic E-state index is 13.1. The number of aromatic nitrogens is 2. The molecule has 1 saturated carbocycles. The minimum atomic E-state index is -0.492. The molecule has 3 rings (SSSR count). The Hall–Kier alpha value is -4.34. The summed E-state index contributed by atoms with van der Waals surface area (Å²) in [6.45, 7) is 8.92. The van der Waals surface area contributed by atoms with E-state index in [-0.39, 0.29) is 42.0 Å². The van der Waals surface area contributed by atoms with Crippen molar-refractivity contribution in [3.05, 3.63) is 71.1 Å². The number of anilines is 1. The Morgan fingerprint density at radius 2 is 1.27 bits per heavy atom. The first-order chi connectivity index (χ1) is 28.8. The Labute approximate surface area is 355 Å². The maximum absolute atomic E-state index is 13.1. The van der Waals surface area contributed by atoms with E-state index in [1.807, 2.05) is 6.21 Å². The van der Waals surface area contributed by atoms with Crippen LogP contribution in [-0.2, 0) is 19.1 Å². The molecule has 0 amide bonds. The van der Waals surface area contributed by atoms with Crippen molar-refractivity contribution in [3.63, 3.8) is 0 Å². The van der Waals surface area contributed by atoms with Crippen LogP contribution in [0, 0.1) is 11.8 Å². The molecule has 10 heteroatoms. The van der Waals surface area contributed by atoms with Crippen LogP contribution in [0.2, 0.25) is 0 Å². The van der Waals surface area contributed by atoms with Crippen LogP contribution in [0.25, 0.3) is 0 Å². The Bertz CT molecular complexity index is 1640. The zero-order valence-corrected chi connectivity index (χ0v) is 36.6. The van der Waals surface area contributed by atoms with Gasteiger partial charge in [0.2, 0.25) is 6.34 Å². The summed E-state index contributed by atoms with van der Waals surface area (Å²) >= 11 is 0. The number of nitrogens with zero attached hydrogens (tertiary/aromatic N) is 3. The fourth-order valence-electron chi connectivity index (χ4n) is 7.47. The Kier molecular flexibility index (Phi) is 25.5. The molecule has 1 fully saturated rings. The first kappa shape index (κ1) is 49.0.